The molecule has 8 nitrogen and oxygen atoms in total. The van der Waals surface area contributed by atoms with E-state index in [1.165, 1.54) is 4.31 Å². The first-order valence-corrected chi connectivity index (χ1v) is 14.1. The van der Waals surface area contributed by atoms with Crippen LogP contribution in [0.15, 0.2) is 71.6 Å². The van der Waals surface area contributed by atoms with Crippen LogP contribution in [0.4, 0.5) is 11.4 Å². The fourth-order valence-corrected chi connectivity index (χ4v) is 6.83. The van der Waals surface area contributed by atoms with Crippen molar-refractivity contribution >= 4 is 27.3 Å². The molecule has 0 unspecified atom stereocenters. The lowest BCUT2D eigenvalue weighted by atomic mass is 9.73. The van der Waals surface area contributed by atoms with E-state index in [0.29, 0.717) is 56.1 Å². The summed E-state index contributed by atoms with van der Waals surface area (Å²) in [5.41, 5.74) is 2.38. The summed E-state index contributed by atoms with van der Waals surface area (Å²) in [5.74, 6) is 1.24. The highest BCUT2D eigenvalue weighted by molar-refractivity contribution is 7.92. The molecule has 1 fully saturated rings. The van der Waals surface area contributed by atoms with Crippen LogP contribution in [0, 0.1) is 0 Å². The number of rotatable bonds is 7. The van der Waals surface area contributed by atoms with Crippen molar-refractivity contribution < 1.29 is 27.4 Å². The first-order chi connectivity index (χ1) is 18.4. The molecule has 9 heteroatoms. The van der Waals surface area contributed by atoms with Crippen molar-refractivity contribution in [3.05, 3.63) is 77.9 Å². The second-order valence-corrected chi connectivity index (χ2v) is 11.4. The van der Waals surface area contributed by atoms with Crippen molar-refractivity contribution in [2.24, 2.45) is 0 Å². The molecule has 1 N–H and O–H groups in total. The smallest absolute Gasteiger partial charge is 0.264 e. The van der Waals surface area contributed by atoms with Gasteiger partial charge in [-0.05, 0) is 91.4 Å². The van der Waals surface area contributed by atoms with Crippen LogP contribution in [0.1, 0.15) is 30.4 Å². The van der Waals surface area contributed by atoms with E-state index in [-0.39, 0.29) is 10.8 Å². The van der Waals surface area contributed by atoms with Gasteiger partial charge in [-0.25, -0.2) is 8.42 Å². The molecule has 2 aliphatic heterocycles. The van der Waals surface area contributed by atoms with E-state index in [4.69, 9.17) is 14.2 Å². The number of amides is 1. The van der Waals surface area contributed by atoms with Crippen LogP contribution in [0.5, 0.6) is 11.5 Å². The predicted molar refractivity (Wildman–Crippen MR) is 146 cm³/mol. The first-order valence-electron chi connectivity index (χ1n) is 12.7. The van der Waals surface area contributed by atoms with Gasteiger partial charge in [-0.15, -0.1) is 0 Å². The Bertz CT molecular complexity index is 1400. The number of nitrogens with one attached hydrogen (secondary N) is 1. The van der Waals surface area contributed by atoms with Gasteiger partial charge in [-0.2, -0.15) is 0 Å². The maximum absolute atomic E-state index is 13.8. The Hall–Kier alpha value is -3.56. The molecule has 0 atom stereocenters. The molecule has 3 aromatic carbocycles. The van der Waals surface area contributed by atoms with E-state index < -0.39 is 15.4 Å². The van der Waals surface area contributed by atoms with Gasteiger partial charge in [0.2, 0.25) is 5.91 Å². The Morgan fingerprint density at radius 3 is 2.18 bits per heavy atom. The van der Waals surface area contributed by atoms with Gasteiger partial charge in [0.05, 0.1) is 30.2 Å². The average molecular weight is 537 g/mol. The number of fused-ring (bicyclic) bond motifs is 1. The van der Waals surface area contributed by atoms with Crippen molar-refractivity contribution in [2.75, 3.05) is 43.6 Å². The fourth-order valence-electron chi connectivity index (χ4n) is 5.29. The molecule has 1 amide bonds. The van der Waals surface area contributed by atoms with Crippen LogP contribution in [-0.2, 0) is 31.4 Å². The zero-order chi connectivity index (χ0) is 26.8. The van der Waals surface area contributed by atoms with Gasteiger partial charge in [0.15, 0.2) is 0 Å². The topological polar surface area (TPSA) is 94.2 Å². The molecule has 1 saturated heterocycles. The Kier molecular flexibility index (Phi) is 7.32. The molecule has 0 spiro atoms. The number of benzene rings is 3. The largest absolute Gasteiger partial charge is 0.497 e. The third kappa shape index (κ3) is 4.83. The number of carbonyl (C=O) groups is 1. The maximum atomic E-state index is 13.8. The molecular weight excluding hydrogens is 504 g/mol. The standard InChI is InChI=1S/C29H32N2O6S/c1-35-24-8-5-22(6-9-24)29(15-18-37-19-16-29)28(32)30-23-7-14-27-21(20-23)4-3-17-31(27)38(33,34)26-12-10-25(36-2)11-13-26/h5-14,20H,3-4,15-19H2,1-2H3,(H,30,32). The first kappa shape index (κ1) is 26.1. The number of ether oxygens (including phenoxy) is 3. The van der Waals surface area contributed by atoms with Crippen LogP contribution in [0.2, 0.25) is 0 Å². The summed E-state index contributed by atoms with van der Waals surface area (Å²) >= 11 is 0. The molecular formula is C29H32N2O6S. The van der Waals surface area contributed by atoms with Crippen molar-refractivity contribution in [3.8, 4) is 11.5 Å². The number of carbonyl (C=O) groups excluding carboxylic acids is 1. The van der Waals surface area contributed by atoms with E-state index in [0.717, 1.165) is 23.3 Å². The highest BCUT2D eigenvalue weighted by Crippen LogP contribution is 2.38. The normalized spacial score (nSPS) is 16.8. The summed E-state index contributed by atoms with van der Waals surface area (Å²) in [5, 5.41) is 3.12. The molecule has 0 aliphatic carbocycles. The van der Waals surface area contributed by atoms with Gasteiger partial charge >= 0.3 is 0 Å². The van der Waals surface area contributed by atoms with E-state index in [1.54, 1.807) is 50.6 Å². The van der Waals surface area contributed by atoms with E-state index in [9.17, 15) is 13.2 Å². The summed E-state index contributed by atoms with van der Waals surface area (Å²) in [6.07, 6.45) is 2.56. The molecule has 0 radical (unpaired) electrons. The molecule has 0 bridgehead atoms. The number of aryl methyl sites for hydroxylation is 1. The third-order valence-electron chi connectivity index (χ3n) is 7.48. The van der Waals surface area contributed by atoms with Crippen molar-refractivity contribution in [3.63, 3.8) is 0 Å². The molecule has 200 valence electrons. The molecule has 38 heavy (non-hydrogen) atoms. The second kappa shape index (κ2) is 10.7. The zero-order valence-corrected chi connectivity index (χ0v) is 22.4. The molecule has 3 aromatic rings. The van der Waals surface area contributed by atoms with Crippen molar-refractivity contribution in [2.45, 2.75) is 36.0 Å². The quantitative estimate of drug-likeness (QED) is 0.477. The minimum absolute atomic E-state index is 0.0931. The SMILES string of the molecule is COc1ccc(C2(C(=O)Nc3ccc4c(c3)CCCN4S(=O)(=O)c3ccc(OC)cc3)CCOCC2)cc1. The summed E-state index contributed by atoms with van der Waals surface area (Å²) in [7, 11) is -0.579. The van der Waals surface area contributed by atoms with Gasteiger partial charge in [-0.3, -0.25) is 9.10 Å². The van der Waals surface area contributed by atoms with Gasteiger partial charge in [0.25, 0.3) is 10.0 Å². The van der Waals surface area contributed by atoms with E-state index in [1.807, 2.05) is 30.3 Å². The summed E-state index contributed by atoms with van der Waals surface area (Å²) in [6.45, 7) is 1.40. The number of methoxy groups -OCH3 is 2. The monoisotopic (exact) mass is 536 g/mol. The zero-order valence-electron chi connectivity index (χ0n) is 21.6. The number of nitrogens with zero attached hydrogens (tertiary/aromatic N) is 1. The van der Waals surface area contributed by atoms with Crippen molar-refractivity contribution in [1.29, 1.82) is 0 Å². The third-order valence-corrected chi connectivity index (χ3v) is 9.31. The molecule has 5 rings (SSSR count). The molecule has 0 aromatic heterocycles. The van der Waals surface area contributed by atoms with Crippen molar-refractivity contribution in [1.82, 2.24) is 0 Å². The number of sulfonamides is 1. The van der Waals surface area contributed by atoms with Crippen LogP contribution in [0.3, 0.4) is 0 Å². The second-order valence-electron chi connectivity index (χ2n) is 9.58. The van der Waals surface area contributed by atoms with Gasteiger partial charge < -0.3 is 19.5 Å². The van der Waals surface area contributed by atoms with Crippen LogP contribution < -0.4 is 19.1 Å². The fraction of sp³-hybridized carbons (Fsp3) is 0.345. The van der Waals surface area contributed by atoms with E-state index in [2.05, 4.69) is 5.32 Å². The lowest BCUT2D eigenvalue weighted by Gasteiger charge is -2.36. The van der Waals surface area contributed by atoms with Gasteiger partial charge in [0, 0.05) is 25.4 Å². The molecule has 2 heterocycles. The number of hydrogen-bond donors (Lipinski definition) is 1. The summed E-state index contributed by atoms with van der Waals surface area (Å²) in [6, 6.07) is 19.5. The van der Waals surface area contributed by atoms with Gasteiger partial charge in [-0.1, -0.05) is 12.1 Å². The number of hydrogen-bond acceptors (Lipinski definition) is 6. The lowest BCUT2D eigenvalue weighted by molar-refractivity contribution is -0.125. The number of anilines is 2. The Morgan fingerprint density at radius 2 is 1.55 bits per heavy atom. The minimum Gasteiger partial charge on any atom is -0.497 e. The van der Waals surface area contributed by atoms with Crippen LogP contribution >= 0.6 is 0 Å². The Balaban J connectivity index is 1.41. The maximum Gasteiger partial charge on any atom is 0.264 e. The summed E-state index contributed by atoms with van der Waals surface area (Å²) in [4.78, 5) is 14.0. The summed E-state index contributed by atoms with van der Waals surface area (Å²) < 4.78 is 44.4. The highest BCUT2D eigenvalue weighted by Gasteiger charge is 2.42. The Morgan fingerprint density at radius 1 is 0.921 bits per heavy atom. The molecule has 0 saturated carbocycles. The van der Waals surface area contributed by atoms with Crippen LogP contribution in [-0.4, -0.2) is 48.3 Å². The minimum atomic E-state index is -3.74. The molecule has 2 aliphatic rings. The van der Waals surface area contributed by atoms with E-state index >= 15 is 0 Å². The Labute approximate surface area is 223 Å². The van der Waals surface area contributed by atoms with Crippen LogP contribution in [0.25, 0.3) is 0 Å². The average Bonchev–Trinajstić information content (AvgIpc) is 2.97. The van der Waals surface area contributed by atoms with Gasteiger partial charge in [0.1, 0.15) is 11.5 Å². The highest BCUT2D eigenvalue weighted by atomic mass is 32.2. The lowest BCUT2D eigenvalue weighted by Crippen LogP contribution is -2.44. The predicted octanol–water partition coefficient (Wildman–Crippen LogP) is 4.53.